The number of ether oxygens (including phenoxy) is 1. The van der Waals surface area contributed by atoms with Gasteiger partial charge in [0.2, 0.25) is 0 Å². The molecule has 0 aliphatic heterocycles. The van der Waals surface area contributed by atoms with Gasteiger partial charge in [-0.2, -0.15) is 0 Å². The molecule has 0 unspecified atom stereocenters. The van der Waals surface area contributed by atoms with Crippen molar-refractivity contribution in [1.82, 2.24) is 10.3 Å². The van der Waals surface area contributed by atoms with Crippen molar-refractivity contribution in [2.75, 3.05) is 18.2 Å². The van der Waals surface area contributed by atoms with Gasteiger partial charge in [-0.05, 0) is 18.9 Å². The molecule has 2 aromatic rings. The summed E-state index contributed by atoms with van der Waals surface area (Å²) in [5, 5.41) is 6.12. The lowest BCUT2D eigenvalue weighted by molar-refractivity contribution is 0.251. The molecule has 100 valence electrons. The highest BCUT2D eigenvalue weighted by atomic mass is 32.1. The molecular weight excluding hydrogens is 264 g/mol. The number of nitrogens with zero attached hydrogens (tertiary/aromatic N) is 1. The Labute approximate surface area is 114 Å². The number of nitrogens with two attached hydrogens (primary N) is 1. The van der Waals surface area contributed by atoms with Gasteiger partial charge in [-0.3, -0.25) is 5.32 Å². The fourth-order valence-corrected chi connectivity index (χ4v) is 2.70. The molecule has 7 heteroatoms. The van der Waals surface area contributed by atoms with Gasteiger partial charge in [0.25, 0.3) is 0 Å². The summed E-state index contributed by atoms with van der Waals surface area (Å²) in [5.74, 6) is 0.613. The van der Waals surface area contributed by atoms with Gasteiger partial charge in [-0.1, -0.05) is 11.3 Å². The van der Waals surface area contributed by atoms with Crippen molar-refractivity contribution in [2.24, 2.45) is 0 Å². The van der Waals surface area contributed by atoms with Gasteiger partial charge in [0, 0.05) is 17.8 Å². The largest absolute Gasteiger partial charge is 0.494 e. The molecule has 1 aliphatic rings. The second-order valence-electron chi connectivity index (χ2n) is 4.46. The summed E-state index contributed by atoms with van der Waals surface area (Å²) >= 11 is 1.37. The van der Waals surface area contributed by atoms with E-state index in [9.17, 15) is 4.79 Å². The minimum Gasteiger partial charge on any atom is -0.494 e. The first-order valence-corrected chi connectivity index (χ1v) is 6.79. The van der Waals surface area contributed by atoms with Gasteiger partial charge in [0.05, 0.1) is 11.8 Å². The highest BCUT2D eigenvalue weighted by Crippen LogP contribution is 2.34. The number of thiazole rings is 1. The van der Waals surface area contributed by atoms with Gasteiger partial charge < -0.3 is 15.8 Å². The van der Waals surface area contributed by atoms with E-state index >= 15 is 0 Å². The summed E-state index contributed by atoms with van der Waals surface area (Å²) in [5.41, 5.74) is 7.11. The monoisotopic (exact) mass is 278 g/mol. The van der Waals surface area contributed by atoms with Crippen LogP contribution >= 0.6 is 11.3 Å². The Morgan fingerprint density at radius 2 is 2.32 bits per heavy atom. The number of carbonyl (C=O) groups is 1. The third kappa shape index (κ3) is 2.55. The highest BCUT2D eigenvalue weighted by Gasteiger charge is 2.23. The van der Waals surface area contributed by atoms with Crippen molar-refractivity contribution >= 4 is 38.4 Å². The van der Waals surface area contributed by atoms with Crippen LogP contribution in [0.25, 0.3) is 10.2 Å². The number of urea groups is 1. The minimum atomic E-state index is -0.214. The van der Waals surface area contributed by atoms with Crippen LogP contribution < -0.4 is 21.1 Å². The van der Waals surface area contributed by atoms with Crippen molar-refractivity contribution < 1.29 is 9.53 Å². The SMILES string of the molecule is COc1cc(N)cc2sc(NC(=O)NC3CC3)nc12. The molecule has 1 aromatic heterocycles. The summed E-state index contributed by atoms with van der Waals surface area (Å²) in [6.07, 6.45) is 2.11. The average Bonchev–Trinajstić information content (AvgIpc) is 3.06. The van der Waals surface area contributed by atoms with Crippen molar-refractivity contribution in [3.8, 4) is 5.75 Å². The van der Waals surface area contributed by atoms with Gasteiger partial charge in [-0.25, -0.2) is 9.78 Å². The number of hydrogen-bond donors (Lipinski definition) is 3. The van der Waals surface area contributed by atoms with Gasteiger partial charge in [0.1, 0.15) is 11.3 Å². The van der Waals surface area contributed by atoms with Gasteiger partial charge in [-0.15, -0.1) is 0 Å². The van der Waals surface area contributed by atoms with Gasteiger partial charge >= 0.3 is 6.03 Å². The number of nitrogens with one attached hydrogen (secondary N) is 2. The van der Waals surface area contributed by atoms with E-state index in [-0.39, 0.29) is 6.03 Å². The third-order valence-corrected chi connectivity index (χ3v) is 3.75. The Bertz CT molecular complexity index is 636. The fourth-order valence-electron chi connectivity index (χ4n) is 1.77. The highest BCUT2D eigenvalue weighted by molar-refractivity contribution is 7.22. The van der Waals surface area contributed by atoms with E-state index in [4.69, 9.17) is 10.5 Å². The predicted octanol–water partition coefficient (Wildman–Crippen LogP) is 2.17. The predicted molar refractivity (Wildman–Crippen MR) is 75.8 cm³/mol. The summed E-state index contributed by atoms with van der Waals surface area (Å²) < 4.78 is 6.12. The number of benzene rings is 1. The first-order valence-electron chi connectivity index (χ1n) is 5.97. The van der Waals surface area contributed by atoms with Crippen LogP contribution in [0, 0.1) is 0 Å². The molecule has 1 fully saturated rings. The third-order valence-electron chi connectivity index (χ3n) is 2.84. The summed E-state index contributed by atoms with van der Waals surface area (Å²) in [6.45, 7) is 0. The smallest absolute Gasteiger partial charge is 0.321 e. The van der Waals surface area contributed by atoms with E-state index in [1.54, 1.807) is 13.2 Å². The molecule has 4 N–H and O–H groups in total. The zero-order chi connectivity index (χ0) is 13.4. The molecule has 0 atom stereocenters. The Balaban J connectivity index is 1.85. The number of nitrogen functional groups attached to an aromatic ring is 1. The van der Waals surface area contributed by atoms with Crippen LogP contribution in [0.2, 0.25) is 0 Å². The first kappa shape index (κ1) is 12.0. The number of anilines is 2. The lowest BCUT2D eigenvalue weighted by atomic mass is 10.3. The van der Waals surface area contributed by atoms with Crippen LogP contribution in [-0.4, -0.2) is 24.2 Å². The van der Waals surface area contributed by atoms with Crippen LogP contribution in [0.5, 0.6) is 5.75 Å². The Kier molecular flexibility index (Phi) is 2.90. The van der Waals surface area contributed by atoms with E-state index in [1.165, 1.54) is 11.3 Å². The molecule has 0 saturated heterocycles. The topological polar surface area (TPSA) is 89.3 Å². The maximum Gasteiger partial charge on any atom is 0.321 e. The average molecular weight is 278 g/mol. The van der Waals surface area contributed by atoms with E-state index in [1.807, 2.05) is 6.07 Å². The van der Waals surface area contributed by atoms with E-state index < -0.39 is 0 Å². The second kappa shape index (κ2) is 4.58. The standard InChI is InChI=1S/C12H14N4O2S/c1-18-8-4-6(13)5-9-10(8)15-12(19-9)16-11(17)14-7-2-3-7/h4-5,7H,2-3,13H2,1H3,(H2,14,15,16,17). The minimum absolute atomic E-state index is 0.214. The molecular formula is C12H14N4O2S. The molecule has 0 bridgehead atoms. The molecule has 1 aliphatic carbocycles. The molecule has 3 rings (SSSR count). The van der Waals surface area contributed by atoms with E-state index in [0.717, 1.165) is 17.5 Å². The second-order valence-corrected chi connectivity index (χ2v) is 5.49. The van der Waals surface area contributed by atoms with Crippen molar-refractivity contribution in [3.05, 3.63) is 12.1 Å². The summed E-state index contributed by atoms with van der Waals surface area (Å²) in [4.78, 5) is 16.0. The molecule has 0 radical (unpaired) electrons. The van der Waals surface area contributed by atoms with Crippen molar-refractivity contribution in [3.63, 3.8) is 0 Å². The van der Waals surface area contributed by atoms with E-state index in [0.29, 0.717) is 28.1 Å². The van der Waals surface area contributed by atoms with Crippen LogP contribution in [0.15, 0.2) is 12.1 Å². The molecule has 0 spiro atoms. The number of rotatable bonds is 3. The van der Waals surface area contributed by atoms with Crippen LogP contribution in [0.1, 0.15) is 12.8 Å². The molecule has 1 saturated carbocycles. The number of carbonyl (C=O) groups excluding carboxylic acids is 1. The molecule has 6 nitrogen and oxygen atoms in total. The maximum atomic E-state index is 11.6. The molecule has 19 heavy (non-hydrogen) atoms. The lowest BCUT2D eigenvalue weighted by Crippen LogP contribution is -2.30. The zero-order valence-electron chi connectivity index (χ0n) is 10.4. The number of methoxy groups -OCH3 is 1. The molecule has 1 aromatic carbocycles. The Morgan fingerprint density at radius 1 is 1.53 bits per heavy atom. The normalized spacial score (nSPS) is 14.4. The number of fused-ring (bicyclic) bond motifs is 1. The van der Waals surface area contributed by atoms with Crippen LogP contribution in [0.3, 0.4) is 0 Å². The van der Waals surface area contributed by atoms with Crippen molar-refractivity contribution in [1.29, 1.82) is 0 Å². The fraction of sp³-hybridized carbons (Fsp3) is 0.333. The quantitative estimate of drug-likeness (QED) is 0.751. The summed E-state index contributed by atoms with van der Waals surface area (Å²) in [7, 11) is 1.57. The maximum absolute atomic E-state index is 11.6. The van der Waals surface area contributed by atoms with E-state index in [2.05, 4.69) is 15.6 Å². The number of amides is 2. The molecule has 2 amide bonds. The van der Waals surface area contributed by atoms with Gasteiger partial charge in [0.15, 0.2) is 5.13 Å². The lowest BCUT2D eigenvalue weighted by Gasteiger charge is -2.02. The molecule has 1 heterocycles. The zero-order valence-corrected chi connectivity index (χ0v) is 11.2. The first-order chi connectivity index (χ1) is 9.15. The Hall–Kier alpha value is -2.02. The summed E-state index contributed by atoms with van der Waals surface area (Å²) in [6, 6.07) is 3.64. The Morgan fingerprint density at radius 3 is 3.00 bits per heavy atom. The number of hydrogen-bond acceptors (Lipinski definition) is 5. The van der Waals surface area contributed by atoms with Crippen LogP contribution in [0.4, 0.5) is 15.6 Å². The number of aromatic nitrogens is 1. The van der Waals surface area contributed by atoms with Crippen LogP contribution in [-0.2, 0) is 0 Å². The van der Waals surface area contributed by atoms with Crippen molar-refractivity contribution in [2.45, 2.75) is 18.9 Å².